The van der Waals surface area contributed by atoms with Gasteiger partial charge in [0.15, 0.2) is 0 Å². The zero-order chi connectivity index (χ0) is 25.9. The van der Waals surface area contributed by atoms with E-state index in [1.807, 2.05) is 0 Å². The van der Waals surface area contributed by atoms with Gasteiger partial charge in [-0.2, -0.15) is 0 Å². The van der Waals surface area contributed by atoms with E-state index in [4.69, 9.17) is 10.5 Å². The molecule has 0 aromatic heterocycles. The first-order valence-corrected chi connectivity index (χ1v) is 10.9. The maximum absolute atomic E-state index is 12.4. The molecular weight excluding hydrogens is 432 g/mol. The summed E-state index contributed by atoms with van der Waals surface area (Å²) in [6.07, 6.45) is -0.728. The first-order chi connectivity index (χ1) is 15.0. The number of alkyl carbamates (subject to hydrolysis) is 1. The first-order valence-electron chi connectivity index (χ1n) is 10.9. The number of carbonyl (C=O) groups is 5. The van der Waals surface area contributed by atoms with Crippen LogP contribution < -0.4 is 32.3 Å². The Bertz CT molecular complexity index is 715. The number of nitrogens with one attached hydrogen (secondary N) is 5. The van der Waals surface area contributed by atoms with Crippen molar-refractivity contribution in [3.63, 3.8) is 0 Å². The molecule has 0 aliphatic heterocycles. The molecule has 0 heterocycles. The van der Waals surface area contributed by atoms with E-state index in [-0.39, 0.29) is 38.4 Å². The Kier molecular flexibility index (Phi) is 11.8. The number of nitrogens with two attached hydrogens (primary N) is 1. The second-order valence-corrected chi connectivity index (χ2v) is 9.58. The molecule has 0 saturated heterocycles. The van der Waals surface area contributed by atoms with Crippen LogP contribution in [0.1, 0.15) is 61.3 Å². The molecule has 0 rings (SSSR count). The van der Waals surface area contributed by atoms with Crippen molar-refractivity contribution < 1.29 is 28.7 Å². The van der Waals surface area contributed by atoms with Crippen LogP contribution in [0.25, 0.3) is 0 Å². The van der Waals surface area contributed by atoms with Gasteiger partial charge in [0.25, 0.3) is 0 Å². The summed E-state index contributed by atoms with van der Waals surface area (Å²) in [5.41, 5.74) is 2.34. The minimum absolute atomic E-state index is 0.0185. The second kappa shape index (κ2) is 13.0. The van der Waals surface area contributed by atoms with Gasteiger partial charge in [-0.3, -0.25) is 19.2 Å². The van der Waals surface area contributed by atoms with Crippen LogP contribution in [-0.4, -0.2) is 72.6 Å². The van der Waals surface area contributed by atoms with E-state index in [2.05, 4.69) is 26.6 Å². The van der Waals surface area contributed by atoms with E-state index in [1.165, 1.54) is 13.8 Å². The van der Waals surface area contributed by atoms with Crippen molar-refractivity contribution in [1.82, 2.24) is 26.6 Å². The highest BCUT2D eigenvalue weighted by Crippen LogP contribution is 2.07. The maximum atomic E-state index is 12.4. The molecule has 0 aliphatic carbocycles. The molecular formula is C21H40N6O6. The van der Waals surface area contributed by atoms with Crippen molar-refractivity contribution in [2.24, 2.45) is 5.73 Å². The lowest BCUT2D eigenvalue weighted by Gasteiger charge is -2.26. The van der Waals surface area contributed by atoms with Crippen molar-refractivity contribution in [1.29, 1.82) is 0 Å². The molecule has 0 atom stereocenters. The number of hydrogen-bond acceptors (Lipinski definition) is 7. The van der Waals surface area contributed by atoms with Gasteiger partial charge in [0.2, 0.25) is 23.6 Å². The van der Waals surface area contributed by atoms with E-state index in [9.17, 15) is 24.0 Å². The summed E-state index contributed by atoms with van der Waals surface area (Å²) in [5.74, 6) is -1.70. The van der Waals surface area contributed by atoms with Crippen LogP contribution in [0.2, 0.25) is 0 Å². The van der Waals surface area contributed by atoms with Crippen molar-refractivity contribution >= 4 is 29.7 Å². The molecule has 0 aromatic carbocycles. The number of rotatable bonds is 12. The topological polar surface area (TPSA) is 181 Å². The summed E-state index contributed by atoms with van der Waals surface area (Å²) in [4.78, 5) is 60.3. The summed E-state index contributed by atoms with van der Waals surface area (Å²) in [5, 5.41) is 12.8. The fourth-order valence-electron chi connectivity index (χ4n) is 2.45. The highest BCUT2D eigenvalue weighted by atomic mass is 16.6. The quantitative estimate of drug-likeness (QED) is 0.216. The monoisotopic (exact) mass is 472 g/mol. The van der Waals surface area contributed by atoms with Crippen LogP contribution >= 0.6 is 0 Å². The third-order valence-corrected chi connectivity index (χ3v) is 4.13. The molecule has 7 N–H and O–H groups in total. The first kappa shape index (κ1) is 30.1. The Morgan fingerprint density at radius 3 is 1.45 bits per heavy atom. The van der Waals surface area contributed by atoms with Gasteiger partial charge in [-0.15, -0.1) is 0 Å². The summed E-state index contributed by atoms with van der Waals surface area (Å²) >= 11 is 0. The maximum Gasteiger partial charge on any atom is 0.407 e. The molecule has 190 valence electrons. The minimum Gasteiger partial charge on any atom is -0.444 e. The molecule has 0 saturated carbocycles. The lowest BCUT2D eigenvalue weighted by molar-refractivity contribution is -0.133. The number of hydrogen-bond donors (Lipinski definition) is 6. The van der Waals surface area contributed by atoms with E-state index in [1.54, 1.807) is 34.6 Å². The molecule has 0 spiro atoms. The van der Waals surface area contributed by atoms with E-state index in [0.29, 0.717) is 6.54 Å². The number of ether oxygens (including phenoxy) is 1. The second-order valence-electron chi connectivity index (χ2n) is 9.58. The highest BCUT2D eigenvalue weighted by molar-refractivity contribution is 5.92. The lowest BCUT2D eigenvalue weighted by atomic mass is 10.0. The molecule has 0 unspecified atom stereocenters. The van der Waals surface area contributed by atoms with Gasteiger partial charge in [-0.05, 0) is 48.5 Å². The smallest absolute Gasteiger partial charge is 0.407 e. The van der Waals surface area contributed by atoms with Gasteiger partial charge in [0.1, 0.15) is 16.7 Å². The van der Waals surface area contributed by atoms with Gasteiger partial charge in [0, 0.05) is 39.0 Å². The highest BCUT2D eigenvalue weighted by Gasteiger charge is 2.31. The SMILES string of the molecule is CC(C)(C)OC(=O)NCCC(=O)NC(C)(C)C(=O)NCCC(=O)NC(C)(C)C(=O)NCCN. The van der Waals surface area contributed by atoms with Crippen molar-refractivity contribution in [2.75, 3.05) is 26.2 Å². The molecule has 0 aliphatic rings. The Morgan fingerprint density at radius 1 is 0.667 bits per heavy atom. The van der Waals surface area contributed by atoms with Crippen LogP contribution in [-0.2, 0) is 23.9 Å². The molecule has 33 heavy (non-hydrogen) atoms. The fraction of sp³-hybridized carbons (Fsp3) is 0.762. The van der Waals surface area contributed by atoms with E-state index < -0.39 is 40.5 Å². The summed E-state index contributed by atoms with van der Waals surface area (Å²) < 4.78 is 5.08. The molecule has 0 radical (unpaired) electrons. The Hall–Kier alpha value is -2.89. The van der Waals surface area contributed by atoms with Crippen LogP contribution in [0.15, 0.2) is 0 Å². The zero-order valence-electron chi connectivity index (χ0n) is 20.8. The fourth-order valence-corrected chi connectivity index (χ4v) is 2.45. The standard InChI is InChI=1S/C21H40N6O6/c1-19(2,3)33-18(32)25-12-9-15(29)27-20(4,5)16(30)23-11-8-14(28)26-21(6,7)17(31)24-13-10-22/h8-13,22H2,1-7H3,(H,23,30)(H,24,31)(H,25,32)(H,26,28)(H,27,29). The van der Waals surface area contributed by atoms with E-state index >= 15 is 0 Å². The molecule has 5 amide bonds. The van der Waals surface area contributed by atoms with Crippen molar-refractivity contribution in [3.8, 4) is 0 Å². The van der Waals surface area contributed by atoms with Gasteiger partial charge in [-0.1, -0.05) is 0 Å². The Labute approximate surface area is 195 Å². The zero-order valence-corrected chi connectivity index (χ0v) is 20.8. The molecule has 0 aromatic rings. The third kappa shape index (κ3) is 13.3. The number of carbonyl (C=O) groups excluding carboxylic acids is 5. The van der Waals surface area contributed by atoms with Crippen molar-refractivity contribution in [3.05, 3.63) is 0 Å². The van der Waals surface area contributed by atoms with E-state index in [0.717, 1.165) is 0 Å². The van der Waals surface area contributed by atoms with Gasteiger partial charge >= 0.3 is 6.09 Å². The average molecular weight is 473 g/mol. The minimum atomic E-state index is -1.24. The van der Waals surface area contributed by atoms with Gasteiger partial charge in [0.05, 0.1) is 0 Å². The lowest BCUT2D eigenvalue weighted by Crippen LogP contribution is -2.56. The van der Waals surface area contributed by atoms with Crippen LogP contribution in [0.4, 0.5) is 4.79 Å². The number of amides is 5. The van der Waals surface area contributed by atoms with Crippen molar-refractivity contribution in [2.45, 2.75) is 78.0 Å². The normalized spacial score (nSPS) is 11.8. The van der Waals surface area contributed by atoms with Gasteiger partial charge in [-0.25, -0.2) is 4.79 Å². The van der Waals surface area contributed by atoms with Crippen LogP contribution in [0.5, 0.6) is 0 Å². The molecule has 0 fully saturated rings. The summed E-state index contributed by atoms with van der Waals surface area (Å²) in [7, 11) is 0. The Morgan fingerprint density at radius 2 is 1.06 bits per heavy atom. The molecule has 0 bridgehead atoms. The average Bonchev–Trinajstić information content (AvgIpc) is 2.63. The molecule has 12 heteroatoms. The predicted octanol–water partition coefficient (Wildman–Crippen LogP) is -0.728. The third-order valence-electron chi connectivity index (χ3n) is 4.13. The predicted molar refractivity (Wildman–Crippen MR) is 123 cm³/mol. The summed E-state index contributed by atoms with van der Waals surface area (Å²) in [6.45, 7) is 12.0. The Balaban J connectivity index is 4.39. The van der Waals surface area contributed by atoms with Crippen LogP contribution in [0, 0.1) is 0 Å². The largest absolute Gasteiger partial charge is 0.444 e. The molecule has 12 nitrogen and oxygen atoms in total. The van der Waals surface area contributed by atoms with Crippen LogP contribution in [0.3, 0.4) is 0 Å². The van der Waals surface area contributed by atoms with Gasteiger partial charge < -0.3 is 37.1 Å². The summed E-state index contributed by atoms with van der Waals surface area (Å²) in [6, 6.07) is 0.